The molecule has 0 aliphatic heterocycles. The Morgan fingerprint density at radius 2 is 1.62 bits per heavy atom. The van der Waals surface area contributed by atoms with Crippen molar-refractivity contribution >= 4 is 22.7 Å². The molecule has 0 bridgehead atoms. The maximum absolute atomic E-state index is 13.6. The molecule has 0 radical (unpaired) electrons. The first kappa shape index (κ1) is 26.5. The van der Waals surface area contributed by atoms with Crippen molar-refractivity contribution in [2.24, 2.45) is 0 Å². The molecule has 1 unspecified atom stereocenters. The van der Waals surface area contributed by atoms with Crippen molar-refractivity contribution in [1.29, 1.82) is 0 Å². The Balaban J connectivity index is 0.000000440. The molecule has 0 fully saturated rings. The van der Waals surface area contributed by atoms with E-state index < -0.39 is 23.6 Å². The monoisotopic (exact) mass is 471 g/mol. The second-order valence-electron chi connectivity index (χ2n) is 7.76. The first-order chi connectivity index (χ1) is 16.1. The highest BCUT2D eigenvalue weighted by molar-refractivity contribution is 5.89. The third kappa shape index (κ3) is 7.97. The lowest BCUT2D eigenvalue weighted by Crippen LogP contribution is -2.22. The molecule has 0 saturated heterocycles. The molecule has 2 N–H and O–H groups in total. The molecule has 34 heavy (non-hydrogen) atoms. The number of rotatable bonds is 8. The molecule has 6 nitrogen and oxygen atoms in total. The third-order valence-corrected chi connectivity index (χ3v) is 5.02. The van der Waals surface area contributed by atoms with E-state index in [0.29, 0.717) is 25.2 Å². The quantitative estimate of drug-likeness (QED) is 0.439. The molecule has 0 saturated carbocycles. The number of benzene rings is 3. The fourth-order valence-corrected chi connectivity index (χ4v) is 3.43. The van der Waals surface area contributed by atoms with Gasteiger partial charge in [-0.15, -0.1) is 0 Å². The zero-order chi connectivity index (χ0) is 25.3. The van der Waals surface area contributed by atoms with Crippen molar-refractivity contribution in [3.63, 3.8) is 0 Å². The average Bonchev–Trinajstić information content (AvgIpc) is 2.77. The van der Waals surface area contributed by atoms with Crippen LogP contribution in [0.15, 0.2) is 66.7 Å². The number of carboxylic acids is 2. The molecule has 0 aromatic heterocycles. The maximum Gasteiger partial charge on any atom is 0.328 e. The highest BCUT2D eigenvalue weighted by Crippen LogP contribution is 2.27. The number of aryl methyl sites for hydroxylation is 1. The van der Waals surface area contributed by atoms with Crippen molar-refractivity contribution in [3.8, 4) is 5.75 Å². The minimum atomic E-state index is -1.26. The van der Waals surface area contributed by atoms with Gasteiger partial charge in [-0.3, -0.25) is 0 Å². The van der Waals surface area contributed by atoms with Crippen molar-refractivity contribution in [1.82, 2.24) is 4.90 Å². The summed E-state index contributed by atoms with van der Waals surface area (Å²) in [5.41, 5.74) is 1.91. The summed E-state index contributed by atoms with van der Waals surface area (Å²) in [6.07, 6.45) is 1.79. The predicted octanol–water partition coefficient (Wildman–Crippen LogP) is 5.21. The van der Waals surface area contributed by atoms with Crippen LogP contribution in [-0.4, -0.2) is 47.8 Å². The maximum atomic E-state index is 13.6. The van der Waals surface area contributed by atoms with Gasteiger partial charge in [0.1, 0.15) is 5.75 Å². The zero-order valence-corrected chi connectivity index (χ0v) is 19.2. The smallest absolute Gasteiger partial charge is 0.328 e. The van der Waals surface area contributed by atoms with E-state index in [9.17, 15) is 18.4 Å². The van der Waals surface area contributed by atoms with Crippen molar-refractivity contribution in [3.05, 3.63) is 89.5 Å². The minimum Gasteiger partial charge on any atom is -0.493 e. The summed E-state index contributed by atoms with van der Waals surface area (Å²) in [5, 5.41) is 18.0. The summed E-state index contributed by atoms with van der Waals surface area (Å²) in [4.78, 5) is 21.1. The first-order valence-electron chi connectivity index (χ1n) is 10.5. The second kappa shape index (κ2) is 12.5. The summed E-state index contributed by atoms with van der Waals surface area (Å²) < 4.78 is 32.7. The summed E-state index contributed by atoms with van der Waals surface area (Å²) in [6.45, 7) is 2.55. The van der Waals surface area contributed by atoms with Crippen molar-refractivity contribution in [2.45, 2.75) is 19.4 Å². The lowest BCUT2D eigenvalue weighted by Gasteiger charge is -2.25. The van der Waals surface area contributed by atoms with Gasteiger partial charge in [0, 0.05) is 24.6 Å². The van der Waals surface area contributed by atoms with E-state index in [-0.39, 0.29) is 6.04 Å². The Morgan fingerprint density at radius 1 is 0.971 bits per heavy atom. The molecule has 180 valence electrons. The van der Waals surface area contributed by atoms with Crippen LogP contribution < -0.4 is 4.74 Å². The molecule has 0 aliphatic rings. The average molecular weight is 472 g/mol. The van der Waals surface area contributed by atoms with Gasteiger partial charge in [0.25, 0.3) is 0 Å². The number of fused-ring (bicyclic) bond motifs is 1. The van der Waals surface area contributed by atoms with E-state index in [4.69, 9.17) is 14.9 Å². The molecule has 3 rings (SSSR count). The van der Waals surface area contributed by atoms with E-state index in [1.54, 1.807) is 6.07 Å². The van der Waals surface area contributed by atoms with Crippen molar-refractivity contribution in [2.75, 3.05) is 20.7 Å². The SMILES string of the molecule is Cc1cc(OCCC(c2ccc(F)c(F)c2)N(C)C)cc2ccccc12.O=C(O)/C=C\C(=O)O. The summed E-state index contributed by atoms with van der Waals surface area (Å²) in [5.74, 6) is -3.33. The van der Waals surface area contributed by atoms with Crippen LogP contribution in [-0.2, 0) is 9.59 Å². The Kier molecular flexibility index (Phi) is 9.70. The molecule has 0 spiro atoms. The number of nitrogens with zero attached hydrogens (tertiary/aromatic N) is 1. The molecule has 0 aliphatic carbocycles. The Morgan fingerprint density at radius 3 is 2.21 bits per heavy atom. The van der Waals surface area contributed by atoms with Gasteiger partial charge in [0.15, 0.2) is 11.6 Å². The van der Waals surface area contributed by atoms with Crippen LogP contribution >= 0.6 is 0 Å². The van der Waals surface area contributed by atoms with Crippen LogP contribution in [0.3, 0.4) is 0 Å². The fraction of sp³-hybridized carbons (Fsp3) is 0.231. The number of carbonyl (C=O) groups is 2. The largest absolute Gasteiger partial charge is 0.493 e. The summed E-state index contributed by atoms with van der Waals surface area (Å²) in [6, 6.07) is 16.3. The van der Waals surface area contributed by atoms with Gasteiger partial charge >= 0.3 is 11.9 Å². The Hall–Kier alpha value is -3.78. The highest BCUT2D eigenvalue weighted by Gasteiger charge is 2.16. The number of hydrogen-bond acceptors (Lipinski definition) is 4. The number of aliphatic carboxylic acids is 2. The zero-order valence-electron chi connectivity index (χ0n) is 19.2. The first-order valence-corrected chi connectivity index (χ1v) is 10.5. The fourth-order valence-electron chi connectivity index (χ4n) is 3.43. The van der Waals surface area contributed by atoms with E-state index in [1.807, 2.05) is 43.3 Å². The minimum absolute atomic E-state index is 0.0494. The molecule has 0 amide bonds. The predicted molar refractivity (Wildman–Crippen MR) is 126 cm³/mol. The standard InChI is InChI=1S/C22H23F2NO.C4H4O4/c1-15-12-18(13-16-6-4-5-7-19(15)16)26-11-10-22(25(2)3)17-8-9-20(23)21(24)14-17;5-3(6)1-2-4(7)8/h4-9,12-14,22H,10-11H2,1-3H3;1-2H,(H,5,6)(H,7,8)/b;2-1-. The van der Waals surface area contributed by atoms with Gasteiger partial charge in [-0.2, -0.15) is 0 Å². The van der Waals surface area contributed by atoms with Crippen LogP contribution in [0.4, 0.5) is 8.78 Å². The van der Waals surface area contributed by atoms with Crippen LogP contribution in [0.1, 0.15) is 23.6 Å². The van der Waals surface area contributed by atoms with Gasteiger partial charge in [0.2, 0.25) is 0 Å². The third-order valence-electron chi connectivity index (χ3n) is 5.02. The van der Waals surface area contributed by atoms with E-state index in [0.717, 1.165) is 16.7 Å². The van der Waals surface area contributed by atoms with Gasteiger partial charge in [-0.05, 0) is 67.2 Å². The molecule has 8 heteroatoms. The normalized spacial score (nSPS) is 11.8. The van der Waals surface area contributed by atoms with Crippen LogP contribution in [0, 0.1) is 18.6 Å². The van der Waals surface area contributed by atoms with Crippen LogP contribution in [0.5, 0.6) is 5.75 Å². The van der Waals surface area contributed by atoms with E-state index in [1.165, 1.54) is 23.1 Å². The lowest BCUT2D eigenvalue weighted by molar-refractivity contribution is -0.134. The lowest BCUT2D eigenvalue weighted by atomic mass is 10.0. The van der Waals surface area contributed by atoms with Crippen LogP contribution in [0.25, 0.3) is 10.8 Å². The molecule has 3 aromatic carbocycles. The van der Waals surface area contributed by atoms with Gasteiger partial charge in [0.05, 0.1) is 6.61 Å². The number of ether oxygens (including phenoxy) is 1. The molecule has 1 atom stereocenters. The Bertz CT molecular complexity index is 1160. The van der Waals surface area contributed by atoms with Gasteiger partial charge in [-0.1, -0.05) is 30.3 Å². The summed E-state index contributed by atoms with van der Waals surface area (Å²) >= 11 is 0. The molecular weight excluding hydrogens is 444 g/mol. The van der Waals surface area contributed by atoms with Gasteiger partial charge in [-0.25, -0.2) is 18.4 Å². The molecule has 3 aromatic rings. The van der Waals surface area contributed by atoms with Crippen molar-refractivity contribution < 1.29 is 33.3 Å². The number of carboxylic acid groups (broad SMARTS) is 2. The van der Waals surface area contributed by atoms with Gasteiger partial charge < -0.3 is 19.8 Å². The van der Waals surface area contributed by atoms with E-state index >= 15 is 0 Å². The topological polar surface area (TPSA) is 87.1 Å². The number of halogens is 2. The Labute approximate surface area is 196 Å². The molecular formula is C26H27F2NO5. The second-order valence-corrected chi connectivity index (χ2v) is 7.76. The number of hydrogen-bond donors (Lipinski definition) is 2. The van der Waals surface area contributed by atoms with E-state index in [2.05, 4.69) is 19.1 Å². The highest BCUT2D eigenvalue weighted by atomic mass is 19.2. The molecule has 0 heterocycles. The van der Waals surface area contributed by atoms with Crippen LogP contribution in [0.2, 0.25) is 0 Å². The summed E-state index contributed by atoms with van der Waals surface area (Å²) in [7, 11) is 3.85.